The van der Waals surface area contributed by atoms with E-state index in [0.717, 1.165) is 39.8 Å². The smallest absolute Gasteiger partial charge is 0.164 e. The van der Waals surface area contributed by atoms with Gasteiger partial charge in [0.25, 0.3) is 0 Å². The third-order valence-electron chi connectivity index (χ3n) is 11.4. The summed E-state index contributed by atoms with van der Waals surface area (Å²) < 4.78 is 38.0. The number of aliphatic hydroxyl groups excluding tert-OH is 1. The molecule has 8 heteroatoms. The molecule has 0 aliphatic heterocycles. The Labute approximate surface area is 393 Å². The molecule has 0 bridgehead atoms. The molecule has 0 aliphatic carbocycles. The Morgan fingerprint density at radius 2 is 0.636 bits per heavy atom. The van der Waals surface area contributed by atoms with Gasteiger partial charge in [-0.1, -0.05) is 210 Å². The predicted octanol–water partition coefficient (Wildman–Crippen LogP) is 12.1. The minimum absolute atomic E-state index is 0.0192. The van der Waals surface area contributed by atoms with Crippen LogP contribution >= 0.6 is 0 Å². The van der Waals surface area contributed by atoms with Crippen LogP contribution in [0.5, 0.6) is 0 Å². The SMILES string of the molecule is CCC(=O)[C@H](OCc1ccccc1)[C@H](OCc1ccccc1)[C@@H](CC)OCc1ccccc1.CCC(O)[C@H](OCc1ccccc1)[C@H](OCc1ccccc1)[C@@H](CC)OCc1ccccc1. The zero-order valence-corrected chi connectivity index (χ0v) is 39.2. The first-order valence-electron chi connectivity index (χ1n) is 23.6. The Balaban J connectivity index is 0.000000247. The van der Waals surface area contributed by atoms with Gasteiger partial charge in [0.1, 0.15) is 24.4 Å². The van der Waals surface area contributed by atoms with Crippen LogP contribution in [0.2, 0.25) is 0 Å². The second-order valence-electron chi connectivity index (χ2n) is 16.3. The molecular weight excluding hydrogens is 825 g/mol. The zero-order valence-electron chi connectivity index (χ0n) is 39.2. The first-order chi connectivity index (χ1) is 32.4. The maximum absolute atomic E-state index is 13.0. The van der Waals surface area contributed by atoms with E-state index in [-0.39, 0.29) is 18.0 Å². The van der Waals surface area contributed by atoms with Crippen LogP contribution in [0.25, 0.3) is 0 Å². The highest BCUT2D eigenvalue weighted by Crippen LogP contribution is 2.25. The molecule has 0 saturated carbocycles. The largest absolute Gasteiger partial charge is 0.390 e. The molecule has 6 aromatic rings. The lowest BCUT2D eigenvalue weighted by atomic mass is 9.98. The summed E-state index contributed by atoms with van der Waals surface area (Å²) >= 11 is 0. The third kappa shape index (κ3) is 17.8. The van der Waals surface area contributed by atoms with Gasteiger partial charge in [0.05, 0.1) is 58.0 Å². The van der Waals surface area contributed by atoms with Gasteiger partial charge in [-0.3, -0.25) is 4.79 Å². The Kier molecular flexibility index (Phi) is 23.6. The van der Waals surface area contributed by atoms with E-state index in [1.54, 1.807) is 0 Å². The number of carbonyl (C=O) groups excluding carboxylic acids is 1. The number of rotatable bonds is 28. The number of hydrogen-bond acceptors (Lipinski definition) is 8. The fraction of sp³-hybridized carbons (Fsp3) is 0.362. The van der Waals surface area contributed by atoms with Crippen molar-refractivity contribution in [1.82, 2.24) is 0 Å². The van der Waals surface area contributed by atoms with Gasteiger partial charge in [0, 0.05) is 6.42 Å². The molecule has 0 heterocycles. The van der Waals surface area contributed by atoms with Crippen LogP contribution in [0.15, 0.2) is 182 Å². The number of carbonyl (C=O) groups is 1. The number of Topliss-reactive ketones (excluding diaryl/α,β-unsaturated/α-hetero) is 1. The number of benzene rings is 6. The summed E-state index contributed by atoms with van der Waals surface area (Å²) in [7, 11) is 0. The first kappa shape index (κ1) is 51.7. The molecule has 350 valence electrons. The fourth-order valence-corrected chi connectivity index (χ4v) is 7.54. The fourth-order valence-electron chi connectivity index (χ4n) is 7.54. The topological polar surface area (TPSA) is 92.7 Å². The number of aliphatic hydroxyl groups is 1. The number of hydrogen-bond donors (Lipinski definition) is 1. The molecule has 7 atom stereocenters. The van der Waals surface area contributed by atoms with E-state index in [0.29, 0.717) is 58.9 Å². The van der Waals surface area contributed by atoms with Gasteiger partial charge in [-0.15, -0.1) is 0 Å². The summed E-state index contributed by atoms with van der Waals surface area (Å²) in [4.78, 5) is 13.0. The second kappa shape index (κ2) is 30.1. The van der Waals surface area contributed by atoms with E-state index in [4.69, 9.17) is 28.4 Å². The lowest BCUT2D eigenvalue weighted by Crippen LogP contribution is -2.48. The summed E-state index contributed by atoms with van der Waals surface area (Å²) in [6.07, 6.45) is -0.945. The summed E-state index contributed by atoms with van der Waals surface area (Å²) in [5, 5.41) is 10.9. The van der Waals surface area contributed by atoms with Crippen molar-refractivity contribution in [1.29, 1.82) is 0 Å². The summed E-state index contributed by atoms with van der Waals surface area (Å²) in [6, 6.07) is 60.1. The summed E-state index contributed by atoms with van der Waals surface area (Å²) in [6.45, 7) is 10.5. The van der Waals surface area contributed by atoms with Crippen molar-refractivity contribution in [2.75, 3.05) is 0 Å². The molecule has 0 amide bonds. The van der Waals surface area contributed by atoms with Crippen LogP contribution < -0.4 is 0 Å². The van der Waals surface area contributed by atoms with E-state index >= 15 is 0 Å². The Morgan fingerprint density at radius 3 is 0.939 bits per heavy atom. The summed E-state index contributed by atoms with van der Waals surface area (Å²) in [5.41, 5.74) is 6.40. The van der Waals surface area contributed by atoms with Gasteiger partial charge in [-0.25, -0.2) is 0 Å². The predicted molar refractivity (Wildman–Crippen MR) is 262 cm³/mol. The lowest BCUT2D eigenvalue weighted by molar-refractivity contribution is -0.180. The molecule has 1 N–H and O–H groups in total. The van der Waals surface area contributed by atoms with Crippen LogP contribution in [0.3, 0.4) is 0 Å². The van der Waals surface area contributed by atoms with Crippen LogP contribution in [-0.4, -0.2) is 53.6 Å². The number of ketones is 1. The van der Waals surface area contributed by atoms with Crippen molar-refractivity contribution in [3.05, 3.63) is 215 Å². The van der Waals surface area contributed by atoms with Crippen molar-refractivity contribution in [2.24, 2.45) is 0 Å². The average molecular weight is 895 g/mol. The van der Waals surface area contributed by atoms with Crippen molar-refractivity contribution in [2.45, 2.75) is 136 Å². The van der Waals surface area contributed by atoms with Gasteiger partial charge in [0.2, 0.25) is 0 Å². The monoisotopic (exact) mass is 895 g/mol. The zero-order chi connectivity index (χ0) is 46.6. The van der Waals surface area contributed by atoms with Crippen molar-refractivity contribution in [3.63, 3.8) is 0 Å². The van der Waals surface area contributed by atoms with Crippen LogP contribution in [0, 0.1) is 0 Å². The molecule has 8 nitrogen and oxygen atoms in total. The van der Waals surface area contributed by atoms with Crippen molar-refractivity contribution in [3.8, 4) is 0 Å². The van der Waals surface area contributed by atoms with E-state index in [2.05, 4.69) is 26.0 Å². The van der Waals surface area contributed by atoms with Crippen molar-refractivity contribution < 1.29 is 38.3 Å². The van der Waals surface area contributed by atoms with E-state index < -0.39 is 30.5 Å². The Morgan fingerprint density at radius 1 is 0.364 bits per heavy atom. The maximum Gasteiger partial charge on any atom is 0.164 e. The molecule has 0 aliphatic rings. The lowest BCUT2D eigenvalue weighted by Gasteiger charge is -2.35. The highest BCUT2D eigenvalue weighted by molar-refractivity contribution is 5.83. The second-order valence-corrected chi connectivity index (χ2v) is 16.3. The van der Waals surface area contributed by atoms with E-state index in [1.165, 1.54) is 0 Å². The molecule has 6 rings (SSSR count). The molecule has 1 unspecified atom stereocenters. The Hall–Kier alpha value is -5.29. The quantitative estimate of drug-likeness (QED) is 0.0521. The molecular formula is C58H70O8. The van der Waals surface area contributed by atoms with Crippen molar-refractivity contribution >= 4 is 5.78 Å². The highest BCUT2D eigenvalue weighted by atomic mass is 16.6. The number of ether oxygens (including phenoxy) is 6. The van der Waals surface area contributed by atoms with E-state index in [9.17, 15) is 9.90 Å². The molecule has 0 spiro atoms. The standard InChI is InChI=1S/C29H36O4.C29H34O4/c2*1-3-26(30)28(32-21-24-16-10-6-11-17-24)29(33-22-25-18-12-7-13-19-25)27(4-2)31-20-23-14-8-5-9-15-23/h5-19,26-30H,3-4,20-22H2,1-2H3;5-19,27-29H,3-4,20-22H2,1-2H3/t26?,27-,28+,29-;27-,28+,29-/m11/s1. The van der Waals surface area contributed by atoms with E-state index in [1.807, 2.05) is 184 Å². The molecule has 6 aromatic carbocycles. The minimum atomic E-state index is -0.709. The molecule has 0 saturated heterocycles. The van der Waals surface area contributed by atoms with Crippen LogP contribution in [0.4, 0.5) is 0 Å². The van der Waals surface area contributed by atoms with Gasteiger partial charge >= 0.3 is 0 Å². The van der Waals surface area contributed by atoms with Crippen LogP contribution in [-0.2, 0) is 72.9 Å². The minimum Gasteiger partial charge on any atom is -0.390 e. The van der Waals surface area contributed by atoms with Gasteiger partial charge in [0.15, 0.2) is 5.78 Å². The van der Waals surface area contributed by atoms with Gasteiger partial charge in [-0.2, -0.15) is 0 Å². The van der Waals surface area contributed by atoms with Gasteiger partial charge < -0.3 is 33.5 Å². The highest BCUT2D eigenvalue weighted by Gasteiger charge is 2.37. The Bertz CT molecular complexity index is 2120. The van der Waals surface area contributed by atoms with Gasteiger partial charge in [-0.05, 0) is 52.6 Å². The molecule has 66 heavy (non-hydrogen) atoms. The first-order valence-corrected chi connectivity index (χ1v) is 23.6. The normalized spacial score (nSPS) is 14.4. The third-order valence-corrected chi connectivity index (χ3v) is 11.4. The summed E-state index contributed by atoms with van der Waals surface area (Å²) in [5.74, 6) is 0.0192. The van der Waals surface area contributed by atoms with Crippen LogP contribution in [0.1, 0.15) is 86.8 Å². The molecule has 0 radical (unpaired) electrons. The molecule has 0 fully saturated rings. The molecule has 0 aromatic heterocycles. The maximum atomic E-state index is 13.0. The average Bonchev–Trinajstić information content (AvgIpc) is 3.38.